The highest BCUT2D eigenvalue weighted by atomic mass is 16.6. The molecule has 16 nitrogen and oxygen atoms in total. The van der Waals surface area contributed by atoms with Crippen LogP contribution in [0.15, 0.2) is 36.5 Å². The third-order valence-electron chi connectivity index (χ3n) is 7.82. The second-order valence-electron chi connectivity index (χ2n) is 14.0. The number of anilines is 2. The molecule has 5 atom stereocenters. The van der Waals surface area contributed by atoms with E-state index in [0.717, 1.165) is 5.56 Å². The average Bonchev–Trinajstić information content (AvgIpc) is 3.05. The molecule has 2 aromatic rings. The monoisotopic (exact) mass is 726 g/mol. The smallest absolute Gasteiger partial charge is 0.408 e. The third-order valence-corrected chi connectivity index (χ3v) is 7.82. The number of aryl methyl sites for hydroxylation is 1. The van der Waals surface area contributed by atoms with Crippen LogP contribution in [-0.2, 0) is 35.1 Å². The van der Waals surface area contributed by atoms with Crippen molar-refractivity contribution in [2.24, 2.45) is 11.8 Å². The maximum Gasteiger partial charge on any atom is 0.408 e. The van der Waals surface area contributed by atoms with Gasteiger partial charge in [-0.05, 0) is 51.5 Å². The lowest BCUT2D eigenvalue weighted by Gasteiger charge is -2.28. The molecule has 1 heterocycles. The van der Waals surface area contributed by atoms with Crippen LogP contribution in [0, 0.1) is 18.8 Å². The van der Waals surface area contributed by atoms with Crippen molar-refractivity contribution >= 4 is 47.6 Å². The Hall–Kier alpha value is -5.12. The minimum Gasteiger partial charge on any atom is -0.444 e. The first-order valence-electron chi connectivity index (χ1n) is 17.3. The molecule has 16 heteroatoms. The maximum atomic E-state index is 13.3. The van der Waals surface area contributed by atoms with Crippen molar-refractivity contribution in [3.05, 3.63) is 47.9 Å². The standard InChI is InChI=1S/C36H54N8O8/c1-9-22(4)31(34(50)44-32-27(39-20-45)18-37-23(5)40-32)43-29(47)17-28(46)25(15-21(2)3)41-30(48)19-38-33(49)26(16-24-13-11-10-12-14-24)42-35(51)52-36(6,7)8/h10-14,18,20-22,25-26,28,31,46H,9,15-17,19H2,1-8H3,(H,38,49)(H,39,45)(H,41,48)(H,42,51)(H,43,47)(H,37,40,44,50)/t22-,25-,26-,28-,31-/m0/s1. The van der Waals surface area contributed by atoms with Gasteiger partial charge in [0.25, 0.3) is 0 Å². The van der Waals surface area contributed by atoms with Gasteiger partial charge < -0.3 is 41.7 Å². The highest BCUT2D eigenvalue weighted by Gasteiger charge is 2.31. The van der Waals surface area contributed by atoms with Crippen LogP contribution >= 0.6 is 0 Å². The van der Waals surface area contributed by atoms with Crippen molar-refractivity contribution in [3.8, 4) is 0 Å². The maximum absolute atomic E-state index is 13.3. The first-order chi connectivity index (χ1) is 24.4. The number of hydrogen-bond donors (Lipinski definition) is 7. The fourth-order valence-electron chi connectivity index (χ4n) is 5.07. The number of carbonyl (C=O) groups is 6. The molecule has 1 aromatic carbocycles. The molecular weight excluding hydrogens is 672 g/mol. The molecule has 0 spiro atoms. The quantitative estimate of drug-likeness (QED) is 0.105. The summed E-state index contributed by atoms with van der Waals surface area (Å²) in [5.74, 6) is -2.36. The number of nitrogens with one attached hydrogen (secondary N) is 6. The first-order valence-corrected chi connectivity index (χ1v) is 17.3. The molecule has 0 saturated heterocycles. The van der Waals surface area contributed by atoms with E-state index in [-0.39, 0.29) is 29.8 Å². The van der Waals surface area contributed by atoms with Crippen LogP contribution in [0.25, 0.3) is 0 Å². The summed E-state index contributed by atoms with van der Waals surface area (Å²) >= 11 is 0. The summed E-state index contributed by atoms with van der Waals surface area (Å²) in [6.45, 7) is 13.6. The molecule has 2 rings (SSSR count). The summed E-state index contributed by atoms with van der Waals surface area (Å²) in [5.41, 5.74) is 0.157. The molecule has 286 valence electrons. The SMILES string of the molecule is CC[C@H](C)[C@H](NC(=O)C[C@H](O)[C@H](CC(C)C)NC(=O)CNC(=O)[C@H](Cc1ccccc1)NC(=O)OC(C)(C)C)C(=O)Nc1nc(C)ncc1NC=O. The largest absolute Gasteiger partial charge is 0.444 e. The van der Waals surface area contributed by atoms with Gasteiger partial charge in [0.2, 0.25) is 30.0 Å². The van der Waals surface area contributed by atoms with Gasteiger partial charge in [0, 0.05) is 6.42 Å². The summed E-state index contributed by atoms with van der Waals surface area (Å²) in [7, 11) is 0. The molecule has 0 unspecified atom stereocenters. The van der Waals surface area contributed by atoms with Crippen LogP contribution in [0.4, 0.5) is 16.3 Å². The van der Waals surface area contributed by atoms with E-state index >= 15 is 0 Å². The zero-order valence-corrected chi connectivity index (χ0v) is 31.2. The van der Waals surface area contributed by atoms with Crippen molar-refractivity contribution in [2.45, 2.75) is 111 Å². The van der Waals surface area contributed by atoms with Crippen molar-refractivity contribution < 1.29 is 38.6 Å². The van der Waals surface area contributed by atoms with E-state index in [0.29, 0.717) is 25.1 Å². The Labute approximate surface area is 305 Å². The minimum absolute atomic E-state index is 0.00927. The Morgan fingerprint density at radius 3 is 2.23 bits per heavy atom. The molecule has 0 saturated carbocycles. The molecule has 6 amide bonds. The van der Waals surface area contributed by atoms with Gasteiger partial charge in [-0.2, -0.15) is 0 Å². The number of amides is 6. The fraction of sp³-hybridized carbons (Fsp3) is 0.556. The van der Waals surface area contributed by atoms with Gasteiger partial charge in [0.15, 0.2) is 5.82 Å². The zero-order chi connectivity index (χ0) is 39.0. The highest BCUT2D eigenvalue weighted by Crippen LogP contribution is 2.19. The number of benzene rings is 1. The van der Waals surface area contributed by atoms with E-state index in [1.165, 1.54) is 6.20 Å². The molecule has 52 heavy (non-hydrogen) atoms. The van der Waals surface area contributed by atoms with Crippen LogP contribution in [-0.4, -0.2) is 87.6 Å². The minimum atomic E-state index is -1.34. The van der Waals surface area contributed by atoms with E-state index in [2.05, 4.69) is 41.9 Å². The normalized spacial score (nSPS) is 14.1. The summed E-state index contributed by atoms with van der Waals surface area (Å²) in [6.07, 6.45) is 0.180. The third kappa shape index (κ3) is 15.4. The molecule has 0 bridgehead atoms. The van der Waals surface area contributed by atoms with E-state index in [1.54, 1.807) is 58.9 Å². The van der Waals surface area contributed by atoms with Crippen molar-refractivity contribution in [1.29, 1.82) is 0 Å². The number of aliphatic hydroxyl groups is 1. The molecule has 0 aliphatic carbocycles. The van der Waals surface area contributed by atoms with Gasteiger partial charge in [-0.1, -0.05) is 64.4 Å². The number of rotatable bonds is 19. The van der Waals surface area contributed by atoms with Crippen molar-refractivity contribution in [2.75, 3.05) is 17.2 Å². The van der Waals surface area contributed by atoms with Crippen LogP contribution in [0.2, 0.25) is 0 Å². The number of ether oxygens (including phenoxy) is 1. The molecule has 0 aliphatic rings. The molecule has 0 radical (unpaired) electrons. The molecule has 0 aliphatic heterocycles. The molecule has 7 N–H and O–H groups in total. The molecule has 1 aromatic heterocycles. The van der Waals surface area contributed by atoms with E-state index in [1.807, 2.05) is 26.8 Å². The summed E-state index contributed by atoms with van der Waals surface area (Å²) in [4.78, 5) is 84.5. The Kier molecular flexibility index (Phi) is 17.1. The van der Waals surface area contributed by atoms with Gasteiger partial charge in [0.1, 0.15) is 29.2 Å². The Balaban J connectivity index is 2.09. The topological polar surface area (TPSA) is 230 Å². The number of alkyl carbamates (subject to hydrolysis) is 1. The van der Waals surface area contributed by atoms with Crippen LogP contribution in [0.3, 0.4) is 0 Å². The van der Waals surface area contributed by atoms with Gasteiger partial charge in [-0.25, -0.2) is 14.8 Å². The van der Waals surface area contributed by atoms with Crippen molar-refractivity contribution in [1.82, 2.24) is 31.2 Å². The van der Waals surface area contributed by atoms with Crippen LogP contribution in [0.5, 0.6) is 0 Å². The van der Waals surface area contributed by atoms with Gasteiger partial charge in [0.05, 0.1) is 31.3 Å². The number of aromatic nitrogens is 2. The van der Waals surface area contributed by atoms with E-state index < -0.39 is 72.5 Å². The number of carbonyl (C=O) groups excluding carboxylic acids is 6. The Morgan fingerprint density at radius 1 is 0.962 bits per heavy atom. The lowest BCUT2D eigenvalue weighted by atomic mass is 9.95. The van der Waals surface area contributed by atoms with Crippen LogP contribution in [0.1, 0.15) is 79.1 Å². The number of aliphatic hydroxyl groups excluding tert-OH is 1. The highest BCUT2D eigenvalue weighted by molar-refractivity contribution is 5.99. The van der Waals surface area contributed by atoms with E-state index in [9.17, 15) is 33.9 Å². The number of hydrogen-bond acceptors (Lipinski definition) is 10. The first kappa shape index (κ1) is 43.0. The lowest BCUT2D eigenvalue weighted by molar-refractivity contribution is -0.130. The summed E-state index contributed by atoms with van der Waals surface area (Å²) in [6, 6.07) is 6.10. The van der Waals surface area contributed by atoms with Gasteiger partial charge in [-0.3, -0.25) is 24.0 Å². The Bertz CT molecular complexity index is 1520. The second-order valence-corrected chi connectivity index (χ2v) is 14.0. The summed E-state index contributed by atoms with van der Waals surface area (Å²) in [5, 5.41) is 26.7. The lowest BCUT2D eigenvalue weighted by Crippen LogP contribution is -2.53. The van der Waals surface area contributed by atoms with E-state index in [4.69, 9.17) is 4.74 Å². The fourth-order valence-corrected chi connectivity index (χ4v) is 5.07. The summed E-state index contributed by atoms with van der Waals surface area (Å²) < 4.78 is 5.32. The van der Waals surface area contributed by atoms with Gasteiger partial charge >= 0.3 is 6.09 Å². The van der Waals surface area contributed by atoms with Crippen LogP contribution < -0.4 is 31.9 Å². The average molecular weight is 727 g/mol. The molecule has 0 fully saturated rings. The number of nitrogens with zero attached hydrogens (tertiary/aromatic N) is 2. The predicted molar refractivity (Wildman–Crippen MR) is 195 cm³/mol. The second kappa shape index (κ2) is 20.7. The van der Waals surface area contributed by atoms with Gasteiger partial charge in [-0.15, -0.1) is 0 Å². The zero-order valence-electron chi connectivity index (χ0n) is 31.2. The van der Waals surface area contributed by atoms with Crippen molar-refractivity contribution in [3.63, 3.8) is 0 Å². The predicted octanol–water partition coefficient (Wildman–Crippen LogP) is 2.36. The molecular formula is C36H54N8O8. The Morgan fingerprint density at radius 2 is 1.63 bits per heavy atom.